The van der Waals surface area contributed by atoms with Gasteiger partial charge < -0.3 is 10.1 Å². The fourth-order valence-electron chi connectivity index (χ4n) is 1.49. The Morgan fingerprint density at radius 3 is 2.29 bits per heavy atom. The molecule has 1 N–H and O–H groups in total. The minimum Gasteiger partial charge on any atom is -0.465 e. The van der Waals surface area contributed by atoms with Crippen molar-refractivity contribution >= 4 is 27.4 Å². The summed E-state index contributed by atoms with van der Waals surface area (Å²) in [5, 5.41) is 2.48. The molecule has 0 aliphatic heterocycles. The topological polar surface area (TPSA) is 89.5 Å². The highest BCUT2D eigenvalue weighted by Gasteiger charge is 2.38. The molecule has 7 heteroatoms. The lowest BCUT2D eigenvalue weighted by Gasteiger charge is -2.22. The molecule has 1 aromatic rings. The molecular weight excluding hydrogens is 294 g/mol. The summed E-state index contributed by atoms with van der Waals surface area (Å²) >= 11 is 0. The van der Waals surface area contributed by atoms with Gasteiger partial charge in [0.1, 0.15) is 4.75 Å². The van der Waals surface area contributed by atoms with Gasteiger partial charge in [0.15, 0.2) is 9.84 Å². The molecule has 0 saturated heterocycles. The number of carbonyl (C=O) groups excluding carboxylic acids is 2. The van der Waals surface area contributed by atoms with Crippen LogP contribution in [-0.4, -0.2) is 38.4 Å². The number of ether oxygens (including phenoxy) is 1. The largest absolute Gasteiger partial charge is 0.465 e. The van der Waals surface area contributed by atoms with Crippen LogP contribution >= 0.6 is 0 Å². The molecule has 0 aliphatic rings. The number of aryl methyl sites for hydroxylation is 1. The second-order valence-corrected chi connectivity index (χ2v) is 7.84. The van der Waals surface area contributed by atoms with E-state index in [4.69, 9.17) is 0 Å². The summed E-state index contributed by atoms with van der Waals surface area (Å²) in [6, 6.07) is 4.81. The summed E-state index contributed by atoms with van der Waals surface area (Å²) < 4.78 is 26.4. The van der Waals surface area contributed by atoms with Crippen LogP contribution in [-0.2, 0) is 19.4 Å². The van der Waals surface area contributed by atoms with Gasteiger partial charge in [-0.15, -0.1) is 0 Å². The van der Waals surface area contributed by atoms with Gasteiger partial charge in [0.25, 0.3) is 0 Å². The smallest absolute Gasteiger partial charge is 0.339 e. The molecule has 1 aromatic carbocycles. The Morgan fingerprint density at radius 2 is 1.81 bits per heavy atom. The number of nitrogens with one attached hydrogen (secondary N) is 1. The van der Waals surface area contributed by atoms with Gasteiger partial charge in [0, 0.05) is 6.26 Å². The number of rotatable bonds is 4. The van der Waals surface area contributed by atoms with Crippen molar-refractivity contribution in [1.82, 2.24) is 0 Å². The van der Waals surface area contributed by atoms with Crippen LogP contribution in [0.1, 0.15) is 29.8 Å². The molecule has 0 aromatic heterocycles. The normalized spacial score (nSPS) is 11.9. The fourth-order valence-corrected chi connectivity index (χ4v) is 1.87. The lowest BCUT2D eigenvalue weighted by molar-refractivity contribution is -0.117. The quantitative estimate of drug-likeness (QED) is 0.852. The van der Waals surface area contributed by atoms with Crippen LogP contribution in [0.3, 0.4) is 0 Å². The van der Waals surface area contributed by atoms with Gasteiger partial charge in [-0.2, -0.15) is 0 Å². The van der Waals surface area contributed by atoms with Crippen molar-refractivity contribution < 1.29 is 22.7 Å². The molecule has 1 rings (SSSR count). The van der Waals surface area contributed by atoms with Gasteiger partial charge in [-0.1, -0.05) is 11.6 Å². The molecule has 21 heavy (non-hydrogen) atoms. The first-order valence-electron chi connectivity index (χ1n) is 6.20. The number of sulfone groups is 1. The summed E-state index contributed by atoms with van der Waals surface area (Å²) in [5.74, 6) is -1.31. The fraction of sp³-hybridized carbons (Fsp3) is 0.429. The third kappa shape index (κ3) is 3.60. The van der Waals surface area contributed by atoms with Crippen LogP contribution < -0.4 is 5.32 Å². The number of amides is 1. The van der Waals surface area contributed by atoms with Crippen LogP contribution in [0, 0.1) is 6.92 Å². The van der Waals surface area contributed by atoms with Gasteiger partial charge in [0.05, 0.1) is 18.4 Å². The zero-order valence-corrected chi connectivity index (χ0v) is 13.5. The monoisotopic (exact) mass is 313 g/mol. The number of hydrogen-bond acceptors (Lipinski definition) is 5. The van der Waals surface area contributed by atoms with Gasteiger partial charge in [0.2, 0.25) is 5.91 Å². The van der Waals surface area contributed by atoms with Crippen LogP contribution in [0.5, 0.6) is 0 Å². The summed E-state index contributed by atoms with van der Waals surface area (Å²) in [7, 11) is -2.36. The highest BCUT2D eigenvalue weighted by atomic mass is 32.2. The Hall–Kier alpha value is -1.89. The number of hydrogen-bond donors (Lipinski definition) is 1. The number of esters is 1. The predicted molar refractivity (Wildman–Crippen MR) is 80.1 cm³/mol. The van der Waals surface area contributed by atoms with Crippen molar-refractivity contribution in [3.63, 3.8) is 0 Å². The van der Waals surface area contributed by atoms with Crippen molar-refractivity contribution in [3.8, 4) is 0 Å². The summed E-state index contributed by atoms with van der Waals surface area (Å²) in [5.41, 5.74) is 1.21. The Kier molecular flexibility index (Phi) is 4.78. The van der Waals surface area contributed by atoms with E-state index in [0.717, 1.165) is 11.8 Å². The molecule has 0 radical (unpaired) electrons. The van der Waals surface area contributed by atoms with Gasteiger partial charge in [-0.25, -0.2) is 13.2 Å². The third-order valence-electron chi connectivity index (χ3n) is 3.30. The molecular formula is C14H19NO5S. The molecule has 0 fully saturated rings. The SMILES string of the molecule is COC(=O)c1cc(C)ccc1NC(=O)C(C)(C)S(C)(=O)=O. The van der Waals surface area contributed by atoms with Crippen LogP contribution in [0.4, 0.5) is 5.69 Å². The van der Waals surface area contributed by atoms with E-state index in [2.05, 4.69) is 10.1 Å². The lowest BCUT2D eigenvalue weighted by Crippen LogP contribution is -2.44. The Balaban J connectivity index is 3.20. The van der Waals surface area contributed by atoms with E-state index < -0.39 is 26.5 Å². The molecule has 0 unspecified atom stereocenters. The van der Waals surface area contributed by atoms with Crippen molar-refractivity contribution in [2.45, 2.75) is 25.5 Å². The standard InChI is InChI=1S/C14H19NO5S/c1-9-6-7-11(10(8-9)12(16)20-4)15-13(17)14(2,3)21(5,18)19/h6-8H,1-5H3,(H,15,17). The number of benzene rings is 1. The number of methoxy groups -OCH3 is 1. The van der Waals surface area contributed by atoms with Crippen molar-refractivity contribution in [2.24, 2.45) is 0 Å². The maximum atomic E-state index is 12.2. The highest BCUT2D eigenvalue weighted by Crippen LogP contribution is 2.22. The third-order valence-corrected chi connectivity index (χ3v) is 5.34. The lowest BCUT2D eigenvalue weighted by atomic mass is 10.1. The van der Waals surface area contributed by atoms with E-state index in [1.165, 1.54) is 27.0 Å². The van der Waals surface area contributed by atoms with Gasteiger partial charge in [-0.3, -0.25) is 4.79 Å². The average molecular weight is 313 g/mol. The summed E-state index contributed by atoms with van der Waals surface area (Å²) in [6.07, 6.45) is 0.989. The van der Waals surface area contributed by atoms with Gasteiger partial charge >= 0.3 is 5.97 Å². The first-order chi connectivity index (χ1) is 9.50. The maximum absolute atomic E-state index is 12.2. The minimum absolute atomic E-state index is 0.176. The zero-order chi connectivity index (χ0) is 16.4. The molecule has 0 spiro atoms. The van der Waals surface area contributed by atoms with E-state index in [0.29, 0.717) is 0 Å². The highest BCUT2D eigenvalue weighted by molar-refractivity contribution is 7.92. The second kappa shape index (κ2) is 5.85. The molecule has 0 heterocycles. The number of anilines is 1. The Morgan fingerprint density at radius 1 is 1.24 bits per heavy atom. The van der Waals surface area contributed by atoms with E-state index >= 15 is 0 Å². The van der Waals surface area contributed by atoms with Crippen molar-refractivity contribution in [1.29, 1.82) is 0 Å². The molecule has 1 amide bonds. The summed E-state index contributed by atoms with van der Waals surface area (Å²) in [6.45, 7) is 4.41. The van der Waals surface area contributed by atoms with E-state index in [1.54, 1.807) is 19.1 Å². The predicted octanol–water partition coefficient (Wildman–Crippen LogP) is 1.54. The first-order valence-corrected chi connectivity index (χ1v) is 8.10. The van der Waals surface area contributed by atoms with Crippen LogP contribution in [0.15, 0.2) is 18.2 Å². The summed E-state index contributed by atoms with van der Waals surface area (Å²) in [4.78, 5) is 23.9. The molecule has 0 saturated carbocycles. The Bertz CT molecular complexity index is 677. The van der Waals surface area contributed by atoms with E-state index in [-0.39, 0.29) is 11.3 Å². The molecule has 0 atom stereocenters. The van der Waals surface area contributed by atoms with Crippen LogP contribution in [0.25, 0.3) is 0 Å². The van der Waals surface area contributed by atoms with E-state index in [9.17, 15) is 18.0 Å². The second-order valence-electron chi connectivity index (χ2n) is 5.28. The van der Waals surface area contributed by atoms with Gasteiger partial charge in [-0.05, 0) is 32.9 Å². The van der Waals surface area contributed by atoms with E-state index in [1.807, 2.05) is 0 Å². The zero-order valence-electron chi connectivity index (χ0n) is 12.7. The minimum atomic E-state index is -3.60. The molecule has 6 nitrogen and oxygen atoms in total. The maximum Gasteiger partial charge on any atom is 0.339 e. The number of carbonyl (C=O) groups is 2. The van der Waals surface area contributed by atoms with Crippen molar-refractivity contribution in [3.05, 3.63) is 29.3 Å². The molecule has 0 bridgehead atoms. The Labute approximate surface area is 124 Å². The average Bonchev–Trinajstić information content (AvgIpc) is 2.38. The van der Waals surface area contributed by atoms with Crippen molar-refractivity contribution in [2.75, 3.05) is 18.7 Å². The molecule has 0 aliphatic carbocycles. The van der Waals surface area contributed by atoms with Crippen LogP contribution in [0.2, 0.25) is 0 Å². The molecule has 116 valence electrons. The first kappa shape index (κ1) is 17.2.